The fraction of sp³-hybridized carbons (Fsp3) is 0.727. The summed E-state index contributed by atoms with van der Waals surface area (Å²) >= 11 is 0. The standard InChI is InChI=1S/C11H18N4O2/c1-2-15(9-3-4-9)8-7-14-11(17)10(16)13-6-5-12/h9H,2-4,6-8H2,1H3,(H,13,16)(H,14,17). The van der Waals surface area contributed by atoms with Crippen LogP contribution in [0.1, 0.15) is 19.8 Å². The number of carbonyl (C=O) groups excluding carboxylic acids is 2. The summed E-state index contributed by atoms with van der Waals surface area (Å²) in [6, 6.07) is 2.40. The topological polar surface area (TPSA) is 85.2 Å². The Morgan fingerprint density at radius 2 is 2.00 bits per heavy atom. The third-order valence-electron chi connectivity index (χ3n) is 2.69. The van der Waals surface area contributed by atoms with Gasteiger partial charge in [-0.15, -0.1) is 0 Å². The van der Waals surface area contributed by atoms with Crippen molar-refractivity contribution in [1.82, 2.24) is 15.5 Å². The molecule has 1 saturated carbocycles. The highest BCUT2D eigenvalue weighted by atomic mass is 16.2. The Bertz CT molecular complexity index is 320. The lowest BCUT2D eigenvalue weighted by Gasteiger charge is -2.19. The van der Waals surface area contributed by atoms with Gasteiger partial charge in [-0.05, 0) is 19.4 Å². The molecule has 2 N–H and O–H groups in total. The largest absolute Gasteiger partial charge is 0.347 e. The van der Waals surface area contributed by atoms with Crippen molar-refractivity contribution in [3.63, 3.8) is 0 Å². The van der Waals surface area contributed by atoms with Crippen LogP contribution >= 0.6 is 0 Å². The zero-order chi connectivity index (χ0) is 12.7. The Morgan fingerprint density at radius 3 is 2.53 bits per heavy atom. The molecule has 0 atom stereocenters. The Labute approximate surface area is 101 Å². The van der Waals surface area contributed by atoms with Gasteiger partial charge in [0.25, 0.3) is 0 Å². The Hall–Kier alpha value is -1.61. The Morgan fingerprint density at radius 1 is 1.35 bits per heavy atom. The molecule has 0 aliphatic heterocycles. The van der Waals surface area contributed by atoms with Gasteiger partial charge in [0.2, 0.25) is 0 Å². The van der Waals surface area contributed by atoms with E-state index in [1.807, 2.05) is 0 Å². The summed E-state index contributed by atoms with van der Waals surface area (Å²) in [6.45, 7) is 4.12. The maximum Gasteiger partial charge on any atom is 0.310 e. The predicted octanol–water partition coefficient (Wildman–Crippen LogP) is -0.773. The molecule has 0 bridgehead atoms. The molecule has 0 radical (unpaired) electrons. The molecule has 1 fully saturated rings. The van der Waals surface area contributed by atoms with Gasteiger partial charge in [0.1, 0.15) is 6.54 Å². The molecule has 17 heavy (non-hydrogen) atoms. The number of hydrogen-bond donors (Lipinski definition) is 2. The van der Waals surface area contributed by atoms with Gasteiger partial charge in [0.05, 0.1) is 6.07 Å². The van der Waals surface area contributed by atoms with Crippen molar-refractivity contribution in [3.8, 4) is 6.07 Å². The first-order valence-corrected chi connectivity index (χ1v) is 5.86. The minimum atomic E-state index is -0.749. The number of rotatable bonds is 6. The molecule has 1 aliphatic rings. The maximum atomic E-state index is 11.3. The van der Waals surface area contributed by atoms with E-state index in [9.17, 15) is 9.59 Å². The SMILES string of the molecule is CCN(CCNC(=O)C(=O)NCC#N)C1CC1. The first kappa shape index (κ1) is 13.5. The molecule has 0 unspecified atom stereocenters. The number of nitrogens with one attached hydrogen (secondary N) is 2. The maximum absolute atomic E-state index is 11.3. The third-order valence-corrected chi connectivity index (χ3v) is 2.69. The summed E-state index contributed by atoms with van der Waals surface area (Å²) < 4.78 is 0. The van der Waals surface area contributed by atoms with Crippen LogP contribution in [0, 0.1) is 11.3 Å². The van der Waals surface area contributed by atoms with Crippen LogP contribution in [0.2, 0.25) is 0 Å². The van der Waals surface area contributed by atoms with Crippen LogP contribution in [0.25, 0.3) is 0 Å². The summed E-state index contributed by atoms with van der Waals surface area (Å²) in [5.41, 5.74) is 0. The van der Waals surface area contributed by atoms with Gasteiger partial charge in [-0.25, -0.2) is 0 Å². The van der Waals surface area contributed by atoms with Crippen molar-refractivity contribution in [1.29, 1.82) is 5.26 Å². The van der Waals surface area contributed by atoms with E-state index in [4.69, 9.17) is 5.26 Å². The van der Waals surface area contributed by atoms with Crippen LogP contribution in [0.15, 0.2) is 0 Å². The zero-order valence-electron chi connectivity index (χ0n) is 10.0. The molecule has 6 nitrogen and oxygen atoms in total. The number of nitriles is 1. The molecule has 0 aromatic heterocycles. The molecule has 1 aliphatic carbocycles. The lowest BCUT2D eigenvalue weighted by molar-refractivity contribution is -0.139. The van der Waals surface area contributed by atoms with Crippen LogP contribution in [0.3, 0.4) is 0 Å². The minimum absolute atomic E-state index is 0.143. The van der Waals surface area contributed by atoms with E-state index in [-0.39, 0.29) is 6.54 Å². The monoisotopic (exact) mass is 238 g/mol. The van der Waals surface area contributed by atoms with E-state index in [0.29, 0.717) is 12.6 Å². The van der Waals surface area contributed by atoms with E-state index in [0.717, 1.165) is 13.1 Å². The van der Waals surface area contributed by atoms with Gasteiger partial charge < -0.3 is 10.6 Å². The van der Waals surface area contributed by atoms with Crippen LogP contribution in [0.5, 0.6) is 0 Å². The molecule has 6 heteroatoms. The van der Waals surface area contributed by atoms with E-state index in [1.54, 1.807) is 6.07 Å². The van der Waals surface area contributed by atoms with Gasteiger partial charge in [0, 0.05) is 19.1 Å². The van der Waals surface area contributed by atoms with E-state index in [2.05, 4.69) is 22.5 Å². The number of nitrogens with zero attached hydrogens (tertiary/aromatic N) is 2. The van der Waals surface area contributed by atoms with Gasteiger partial charge >= 0.3 is 11.8 Å². The fourth-order valence-electron chi connectivity index (χ4n) is 1.63. The van der Waals surface area contributed by atoms with Gasteiger partial charge in [-0.2, -0.15) is 5.26 Å². The quantitative estimate of drug-likeness (QED) is 0.470. The number of hydrogen-bond acceptors (Lipinski definition) is 4. The molecule has 2 amide bonds. The second-order valence-electron chi connectivity index (χ2n) is 3.96. The van der Waals surface area contributed by atoms with Gasteiger partial charge in [0.15, 0.2) is 0 Å². The van der Waals surface area contributed by atoms with E-state index < -0.39 is 11.8 Å². The zero-order valence-corrected chi connectivity index (χ0v) is 10.0. The molecule has 0 saturated heterocycles. The van der Waals surface area contributed by atoms with Crippen molar-refractivity contribution < 1.29 is 9.59 Å². The lowest BCUT2D eigenvalue weighted by Crippen LogP contribution is -2.43. The van der Waals surface area contributed by atoms with Gasteiger partial charge in [-0.3, -0.25) is 14.5 Å². The highest BCUT2D eigenvalue weighted by molar-refractivity contribution is 6.35. The van der Waals surface area contributed by atoms with Crippen LogP contribution < -0.4 is 10.6 Å². The Balaban J connectivity index is 2.14. The van der Waals surface area contributed by atoms with E-state index in [1.165, 1.54) is 12.8 Å². The minimum Gasteiger partial charge on any atom is -0.347 e. The summed E-state index contributed by atoms with van der Waals surface area (Å²) in [7, 11) is 0. The Kier molecular flexibility index (Phi) is 5.43. The van der Waals surface area contributed by atoms with Crippen LogP contribution in [0.4, 0.5) is 0 Å². The molecular formula is C11H18N4O2. The average Bonchev–Trinajstić information content (AvgIpc) is 3.15. The van der Waals surface area contributed by atoms with Crippen molar-refractivity contribution in [2.75, 3.05) is 26.2 Å². The summed E-state index contributed by atoms with van der Waals surface area (Å²) in [4.78, 5) is 24.6. The van der Waals surface area contributed by atoms with Crippen molar-refractivity contribution in [2.45, 2.75) is 25.8 Å². The van der Waals surface area contributed by atoms with Crippen molar-refractivity contribution in [2.24, 2.45) is 0 Å². The third kappa shape index (κ3) is 4.83. The number of carbonyl (C=O) groups is 2. The predicted molar refractivity (Wildman–Crippen MR) is 61.9 cm³/mol. The molecule has 94 valence electrons. The van der Waals surface area contributed by atoms with Crippen LogP contribution in [-0.4, -0.2) is 48.9 Å². The molecule has 0 aromatic rings. The summed E-state index contributed by atoms with van der Waals surface area (Å²) in [6.07, 6.45) is 2.45. The number of amides is 2. The van der Waals surface area contributed by atoms with Crippen molar-refractivity contribution >= 4 is 11.8 Å². The van der Waals surface area contributed by atoms with E-state index >= 15 is 0 Å². The molecular weight excluding hydrogens is 220 g/mol. The first-order chi connectivity index (χ1) is 8.19. The second-order valence-corrected chi connectivity index (χ2v) is 3.96. The summed E-state index contributed by atoms with van der Waals surface area (Å²) in [5.74, 6) is -1.42. The smallest absolute Gasteiger partial charge is 0.310 e. The highest BCUT2D eigenvalue weighted by Gasteiger charge is 2.27. The molecule has 1 rings (SSSR count). The molecule has 0 spiro atoms. The molecule has 0 aromatic carbocycles. The van der Waals surface area contributed by atoms with Gasteiger partial charge in [-0.1, -0.05) is 6.92 Å². The summed E-state index contributed by atoms with van der Waals surface area (Å²) in [5, 5.41) is 13.0. The second kappa shape index (κ2) is 6.86. The number of likely N-dealkylation sites (N-methyl/N-ethyl adjacent to an activating group) is 1. The molecule has 0 heterocycles. The fourth-order valence-corrected chi connectivity index (χ4v) is 1.63. The normalized spacial score (nSPS) is 14.2. The van der Waals surface area contributed by atoms with Crippen molar-refractivity contribution in [3.05, 3.63) is 0 Å². The lowest BCUT2D eigenvalue weighted by atomic mass is 10.4. The highest BCUT2D eigenvalue weighted by Crippen LogP contribution is 2.25. The average molecular weight is 238 g/mol. The van der Waals surface area contributed by atoms with Crippen LogP contribution in [-0.2, 0) is 9.59 Å². The first-order valence-electron chi connectivity index (χ1n) is 5.86.